The quantitative estimate of drug-likeness (QED) is 0.797. The zero-order valence-electron chi connectivity index (χ0n) is 8.52. The Balaban J connectivity index is 2.27. The van der Waals surface area contributed by atoms with Crippen LogP contribution in [0.1, 0.15) is 16.8 Å². The van der Waals surface area contributed by atoms with E-state index in [0.717, 1.165) is 15.7 Å². The molecule has 0 bridgehead atoms. The smallest absolute Gasteiger partial charge is 0.0991 e. The van der Waals surface area contributed by atoms with Crippen LogP contribution in [0.15, 0.2) is 42.6 Å². The standard InChI is InChI=1S/C13H9IN2/c14-13-7-10(9-15)4-5-11(13)8-12-3-1-2-6-16-12/h1-7H,8H2. The van der Waals surface area contributed by atoms with Crippen LogP contribution in [0.5, 0.6) is 0 Å². The highest BCUT2D eigenvalue weighted by Gasteiger charge is 2.03. The second-order valence-electron chi connectivity index (χ2n) is 3.42. The third-order valence-corrected chi connectivity index (χ3v) is 3.28. The molecule has 0 unspecified atom stereocenters. The molecule has 0 aliphatic heterocycles. The Morgan fingerprint density at radius 3 is 2.75 bits per heavy atom. The van der Waals surface area contributed by atoms with Crippen LogP contribution >= 0.6 is 22.6 Å². The number of nitrogens with zero attached hydrogens (tertiary/aromatic N) is 2. The molecule has 0 N–H and O–H groups in total. The van der Waals surface area contributed by atoms with Crippen molar-refractivity contribution in [2.24, 2.45) is 0 Å². The number of rotatable bonds is 2. The summed E-state index contributed by atoms with van der Waals surface area (Å²) in [5.74, 6) is 0. The molecule has 0 fully saturated rings. The van der Waals surface area contributed by atoms with Crippen molar-refractivity contribution in [1.29, 1.82) is 5.26 Å². The fourth-order valence-corrected chi connectivity index (χ4v) is 2.16. The van der Waals surface area contributed by atoms with Crippen molar-refractivity contribution < 1.29 is 0 Å². The molecule has 0 radical (unpaired) electrons. The van der Waals surface area contributed by atoms with E-state index in [1.165, 1.54) is 5.56 Å². The van der Waals surface area contributed by atoms with Gasteiger partial charge in [0.15, 0.2) is 0 Å². The molecule has 0 atom stereocenters. The van der Waals surface area contributed by atoms with Gasteiger partial charge in [0.05, 0.1) is 11.6 Å². The van der Waals surface area contributed by atoms with Crippen LogP contribution in [-0.4, -0.2) is 4.98 Å². The van der Waals surface area contributed by atoms with E-state index in [2.05, 4.69) is 33.6 Å². The summed E-state index contributed by atoms with van der Waals surface area (Å²) in [6, 6.07) is 13.8. The molecule has 2 rings (SSSR count). The van der Waals surface area contributed by atoms with Crippen molar-refractivity contribution in [2.45, 2.75) is 6.42 Å². The highest BCUT2D eigenvalue weighted by molar-refractivity contribution is 14.1. The van der Waals surface area contributed by atoms with E-state index in [9.17, 15) is 0 Å². The molecule has 16 heavy (non-hydrogen) atoms. The first kappa shape index (κ1) is 11.1. The van der Waals surface area contributed by atoms with Crippen LogP contribution in [0.25, 0.3) is 0 Å². The minimum Gasteiger partial charge on any atom is -0.261 e. The van der Waals surface area contributed by atoms with Gasteiger partial charge in [-0.3, -0.25) is 4.98 Å². The fourth-order valence-electron chi connectivity index (χ4n) is 1.46. The van der Waals surface area contributed by atoms with Crippen LogP contribution in [0.3, 0.4) is 0 Å². The predicted octanol–water partition coefficient (Wildman–Crippen LogP) is 3.15. The lowest BCUT2D eigenvalue weighted by atomic mass is 10.1. The molecule has 0 saturated heterocycles. The number of benzene rings is 1. The molecule has 2 nitrogen and oxygen atoms in total. The van der Waals surface area contributed by atoms with E-state index < -0.39 is 0 Å². The summed E-state index contributed by atoms with van der Waals surface area (Å²) < 4.78 is 1.11. The second kappa shape index (κ2) is 5.08. The molecule has 2 aromatic rings. The zero-order chi connectivity index (χ0) is 11.4. The maximum Gasteiger partial charge on any atom is 0.0991 e. The largest absolute Gasteiger partial charge is 0.261 e. The molecule has 78 valence electrons. The zero-order valence-corrected chi connectivity index (χ0v) is 10.7. The van der Waals surface area contributed by atoms with Gasteiger partial charge in [-0.15, -0.1) is 0 Å². The topological polar surface area (TPSA) is 36.7 Å². The van der Waals surface area contributed by atoms with E-state index in [1.54, 1.807) is 6.20 Å². The Kier molecular flexibility index (Phi) is 3.52. The van der Waals surface area contributed by atoms with Gasteiger partial charge in [0.25, 0.3) is 0 Å². The van der Waals surface area contributed by atoms with Gasteiger partial charge < -0.3 is 0 Å². The number of hydrogen-bond acceptors (Lipinski definition) is 2. The van der Waals surface area contributed by atoms with Gasteiger partial charge in [-0.05, 0) is 52.4 Å². The summed E-state index contributed by atoms with van der Waals surface area (Å²) in [6.45, 7) is 0. The first-order chi connectivity index (χ1) is 7.79. The minimum absolute atomic E-state index is 0.703. The Bertz CT molecular complexity index is 529. The molecular weight excluding hydrogens is 311 g/mol. The molecule has 1 aromatic heterocycles. The molecule has 0 aliphatic carbocycles. The maximum atomic E-state index is 8.78. The monoisotopic (exact) mass is 320 g/mol. The van der Waals surface area contributed by atoms with Gasteiger partial charge in [-0.2, -0.15) is 5.26 Å². The second-order valence-corrected chi connectivity index (χ2v) is 4.58. The van der Waals surface area contributed by atoms with E-state index in [-0.39, 0.29) is 0 Å². The van der Waals surface area contributed by atoms with Crippen LogP contribution in [0.2, 0.25) is 0 Å². The molecule has 0 aliphatic rings. The van der Waals surface area contributed by atoms with Gasteiger partial charge in [-0.25, -0.2) is 0 Å². The SMILES string of the molecule is N#Cc1ccc(Cc2ccccn2)c(I)c1. The summed E-state index contributed by atoms with van der Waals surface area (Å²) in [5.41, 5.74) is 2.96. The lowest BCUT2D eigenvalue weighted by molar-refractivity contribution is 1.07. The summed E-state index contributed by atoms with van der Waals surface area (Å²) in [7, 11) is 0. The number of nitriles is 1. The average Bonchev–Trinajstić information content (AvgIpc) is 2.33. The van der Waals surface area contributed by atoms with Gasteiger partial charge in [-0.1, -0.05) is 12.1 Å². The van der Waals surface area contributed by atoms with Crippen molar-refractivity contribution in [3.8, 4) is 6.07 Å². The summed E-state index contributed by atoms with van der Waals surface area (Å²) in [4.78, 5) is 4.29. The fraction of sp³-hybridized carbons (Fsp3) is 0.0769. The summed E-state index contributed by atoms with van der Waals surface area (Å²) >= 11 is 2.26. The van der Waals surface area contributed by atoms with Gasteiger partial charge in [0.1, 0.15) is 0 Å². The van der Waals surface area contributed by atoms with Gasteiger partial charge in [0.2, 0.25) is 0 Å². The number of halogens is 1. The minimum atomic E-state index is 0.703. The lowest BCUT2D eigenvalue weighted by Gasteiger charge is -2.04. The van der Waals surface area contributed by atoms with Crippen molar-refractivity contribution in [2.75, 3.05) is 0 Å². The Morgan fingerprint density at radius 1 is 1.25 bits per heavy atom. The molecule has 0 spiro atoms. The number of aromatic nitrogens is 1. The molecular formula is C13H9IN2. The summed E-state index contributed by atoms with van der Waals surface area (Å²) in [6.07, 6.45) is 2.61. The van der Waals surface area contributed by atoms with Crippen molar-refractivity contribution in [1.82, 2.24) is 4.98 Å². The van der Waals surface area contributed by atoms with Crippen LogP contribution < -0.4 is 0 Å². The van der Waals surface area contributed by atoms with E-state index >= 15 is 0 Å². The normalized spacial score (nSPS) is 9.75. The van der Waals surface area contributed by atoms with Gasteiger partial charge >= 0.3 is 0 Å². The van der Waals surface area contributed by atoms with E-state index in [4.69, 9.17) is 5.26 Å². The number of pyridine rings is 1. The molecule has 3 heteroatoms. The Hall–Kier alpha value is -1.41. The van der Waals surface area contributed by atoms with E-state index in [0.29, 0.717) is 5.56 Å². The Labute approximate surface area is 108 Å². The number of hydrogen-bond donors (Lipinski definition) is 0. The van der Waals surface area contributed by atoms with Crippen molar-refractivity contribution in [3.63, 3.8) is 0 Å². The summed E-state index contributed by atoms with van der Waals surface area (Å²) in [5, 5.41) is 8.78. The Morgan fingerprint density at radius 2 is 2.12 bits per heavy atom. The van der Waals surface area contributed by atoms with Gasteiger partial charge in [0, 0.05) is 21.9 Å². The highest BCUT2D eigenvalue weighted by atomic mass is 127. The maximum absolute atomic E-state index is 8.78. The van der Waals surface area contributed by atoms with Crippen LogP contribution in [0, 0.1) is 14.9 Å². The van der Waals surface area contributed by atoms with Crippen LogP contribution in [-0.2, 0) is 6.42 Å². The molecule has 0 saturated carbocycles. The first-order valence-corrected chi connectivity index (χ1v) is 5.96. The lowest BCUT2D eigenvalue weighted by Crippen LogP contribution is -1.94. The molecule has 1 aromatic carbocycles. The third-order valence-electron chi connectivity index (χ3n) is 2.28. The first-order valence-electron chi connectivity index (χ1n) is 4.88. The van der Waals surface area contributed by atoms with Crippen LogP contribution in [0.4, 0.5) is 0 Å². The third kappa shape index (κ3) is 2.58. The average molecular weight is 320 g/mol. The van der Waals surface area contributed by atoms with E-state index in [1.807, 2.05) is 36.4 Å². The highest BCUT2D eigenvalue weighted by Crippen LogP contribution is 2.17. The molecule has 1 heterocycles. The van der Waals surface area contributed by atoms with Crippen molar-refractivity contribution in [3.05, 3.63) is 63.0 Å². The van der Waals surface area contributed by atoms with Crippen molar-refractivity contribution >= 4 is 22.6 Å². The molecule has 0 amide bonds. The predicted molar refractivity (Wildman–Crippen MR) is 70.9 cm³/mol.